The van der Waals surface area contributed by atoms with Crippen LogP contribution in [-0.4, -0.2) is 29.1 Å². The lowest BCUT2D eigenvalue weighted by molar-refractivity contribution is 0.730. The van der Waals surface area contributed by atoms with Gasteiger partial charge in [-0.15, -0.1) is 0 Å². The Hall–Kier alpha value is -6.60. The fourth-order valence-corrected chi connectivity index (χ4v) is 6.49. The highest BCUT2D eigenvalue weighted by atomic mass is 15.1. The minimum atomic E-state index is 0.526. The first kappa shape index (κ1) is 33.9. The van der Waals surface area contributed by atoms with Gasteiger partial charge in [-0.3, -0.25) is 0 Å². The lowest BCUT2D eigenvalue weighted by Gasteiger charge is -2.09. The Labute approximate surface area is 304 Å². The van der Waals surface area contributed by atoms with Crippen molar-refractivity contribution in [3.63, 3.8) is 0 Å². The maximum atomic E-state index is 5.92. The number of hydrogen-bond acceptors (Lipinski definition) is 5. The molecule has 2 N–H and O–H groups in total. The lowest BCUT2D eigenvalue weighted by atomic mass is 9.97. The molecule has 8 rings (SSSR count). The van der Waals surface area contributed by atoms with Gasteiger partial charge in [0.05, 0.1) is 11.1 Å². The molecule has 0 aliphatic rings. The number of aryl methyl sites for hydroxylation is 3. The molecule has 52 heavy (non-hydrogen) atoms. The second-order valence-electron chi connectivity index (χ2n) is 12.5. The first-order chi connectivity index (χ1) is 25.7. The first-order valence-corrected chi connectivity index (χ1v) is 17.6. The van der Waals surface area contributed by atoms with Crippen LogP contribution in [0.15, 0.2) is 171 Å². The minimum absolute atomic E-state index is 0.526. The van der Waals surface area contributed by atoms with Crippen LogP contribution in [-0.2, 0) is 13.1 Å². The smallest absolute Gasteiger partial charge is 0.145 e. The van der Waals surface area contributed by atoms with Gasteiger partial charge in [-0.25, -0.2) is 19.9 Å². The zero-order valence-corrected chi connectivity index (χ0v) is 29.3. The van der Waals surface area contributed by atoms with Crippen LogP contribution in [0.4, 0.5) is 5.82 Å². The molecule has 8 aromatic rings. The molecule has 0 fully saturated rings. The number of aromatic nitrogens is 6. The van der Waals surface area contributed by atoms with Crippen molar-refractivity contribution in [2.24, 2.45) is 0 Å². The van der Waals surface area contributed by atoms with Crippen molar-refractivity contribution in [1.29, 1.82) is 0 Å². The summed E-state index contributed by atoms with van der Waals surface area (Å²) in [5.41, 5.74) is 16.3. The van der Waals surface area contributed by atoms with Crippen molar-refractivity contribution < 1.29 is 0 Å². The van der Waals surface area contributed by atoms with E-state index in [0.717, 1.165) is 53.7 Å². The quantitative estimate of drug-likeness (QED) is 0.156. The molecule has 0 atom stereocenters. The van der Waals surface area contributed by atoms with Crippen LogP contribution in [0, 0.1) is 6.92 Å². The van der Waals surface area contributed by atoms with Crippen LogP contribution in [0.5, 0.6) is 0 Å². The van der Waals surface area contributed by atoms with E-state index in [-0.39, 0.29) is 0 Å². The summed E-state index contributed by atoms with van der Waals surface area (Å²) >= 11 is 0. The Balaban J connectivity index is 0.000000162. The van der Waals surface area contributed by atoms with Crippen LogP contribution in [0.3, 0.4) is 0 Å². The van der Waals surface area contributed by atoms with Crippen molar-refractivity contribution >= 4 is 39.0 Å². The largest absolute Gasteiger partial charge is 0.383 e. The van der Waals surface area contributed by atoms with Crippen LogP contribution in [0.2, 0.25) is 0 Å². The molecule has 0 bridgehead atoms. The molecule has 0 aliphatic carbocycles. The maximum Gasteiger partial charge on any atom is 0.145 e. The number of allylic oxidation sites excluding steroid dienone is 2. The number of nitrogens with two attached hydrogens (primary N) is 1. The van der Waals surface area contributed by atoms with Crippen LogP contribution in [0.25, 0.3) is 33.2 Å². The summed E-state index contributed by atoms with van der Waals surface area (Å²) in [6, 6.07) is 46.2. The van der Waals surface area contributed by atoms with Gasteiger partial charge in [-0.05, 0) is 65.3 Å². The van der Waals surface area contributed by atoms with E-state index in [2.05, 4.69) is 163 Å². The summed E-state index contributed by atoms with van der Waals surface area (Å²) in [5.74, 6) is 0.526. The van der Waals surface area contributed by atoms with E-state index < -0.39 is 0 Å². The van der Waals surface area contributed by atoms with Crippen molar-refractivity contribution in [2.45, 2.75) is 32.9 Å². The summed E-state index contributed by atoms with van der Waals surface area (Å²) in [7, 11) is 0. The molecule has 0 saturated carbocycles. The highest BCUT2D eigenvalue weighted by molar-refractivity contribution is 5.86. The van der Waals surface area contributed by atoms with Gasteiger partial charge in [0, 0.05) is 30.9 Å². The van der Waals surface area contributed by atoms with Crippen molar-refractivity contribution in [3.05, 3.63) is 199 Å². The molecule has 0 spiro atoms. The molecular weight excluding hydrogens is 639 g/mol. The summed E-state index contributed by atoms with van der Waals surface area (Å²) < 4.78 is 4.32. The number of fused-ring (bicyclic) bond motifs is 2. The standard InChI is InChI=1S/C23H21N3.C22H20N4/c1-18-21-14-16-26(23(21)25-17-24-18)15-8-13-22(19-9-4-2-5-10-19)20-11-6-3-7-12-20;23-21-20-13-15-26(22(20)25-16-24-21)14-7-12-19(17-8-3-1-4-9-17)18-10-5-2-6-11-18/h2-7,9-14,16-17H,8,15H2,1H3;1-6,8-13,15-16H,7,14H2,(H2,23,24,25). The molecule has 0 unspecified atom stereocenters. The van der Waals surface area contributed by atoms with Crippen molar-refractivity contribution in [3.8, 4) is 0 Å². The van der Waals surface area contributed by atoms with Gasteiger partial charge in [-0.1, -0.05) is 133 Å². The monoisotopic (exact) mass is 679 g/mol. The summed E-state index contributed by atoms with van der Waals surface area (Å²) in [6.45, 7) is 3.75. The van der Waals surface area contributed by atoms with E-state index in [0.29, 0.717) is 5.82 Å². The molecule has 7 heteroatoms. The van der Waals surface area contributed by atoms with Gasteiger partial charge in [0.1, 0.15) is 29.8 Å². The predicted molar refractivity (Wildman–Crippen MR) is 213 cm³/mol. The fourth-order valence-electron chi connectivity index (χ4n) is 6.49. The van der Waals surface area contributed by atoms with E-state index in [1.807, 2.05) is 31.3 Å². The average molecular weight is 680 g/mol. The highest BCUT2D eigenvalue weighted by Crippen LogP contribution is 2.26. The predicted octanol–water partition coefficient (Wildman–Crippen LogP) is 9.80. The molecule has 7 nitrogen and oxygen atoms in total. The molecule has 0 saturated heterocycles. The van der Waals surface area contributed by atoms with Gasteiger partial charge in [0.2, 0.25) is 0 Å². The SMILES string of the molecule is Cc1ncnc2c1ccn2CCC=C(c1ccccc1)c1ccccc1.Nc1ncnc2c1ccn2CCC=C(c1ccccc1)c1ccccc1. The zero-order valence-electron chi connectivity index (χ0n) is 29.3. The van der Waals surface area contributed by atoms with E-state index in [4.69, 9.17) is 5.73 Å². The normalized spacial score (nSPS) is 10.8. The van der Waals surface area contributed by atoms with E-state index in [1.165, 1.54) is 39.7 Å². The Morgan fingerprint density at radius 3 is 1.33 bits per heavy atom. The number of anilines is 1. The topological polar surface area (TPSA) is 87.4 Å². The Bertz CT molecular complexity index is 2150. The number of benzene rings is 4. The zero-order chi connectivity index (χ0) is 35.5. The highest BCUT2D eigenvalue weighted by Gasteiger charge is 2.09. The Kier molecular flexibility index (Phi) is 10.7. The van der Waals surface area contributed by atoms with Gasteiger partial charge in [0.15, 0.2) is 0 Å². The van der Waals surface area contributed by atoms with Gasteiger partial charge in [-0.2, -0.15) is 0 Å². The second-order valence-corrected chi connectivity index (χ2v) is 12.5. The van der Waals surface area contributed by atoms with Gasteiger partial charge in [0.25, 0.3) is 0 Å². The average Bonchev–Trinajstić information content (AvgIpc) is 3.82. The third kappa shape index (κ3) is 7.90. The van der Waals surface area contributed by atoms with E-state index in [1.54, 1.807) is 6.33 Å². The number of hydrogen-bond donors (Lipinski definition) is 1. The molecule has 4 heterocycles. The van der Waals surface area contributed by atoms with Crippen LogP contribution < -0.4 is 5.73 Å². The molecule has 0 radical (unpaired) electrons. The first-order valence-electron chi connectivity index (χ1n) is 17.6. The third-order valence-electron chi connectivity index (χ3n) is 9.12. The Morgan fingerprint density at radius 1 is 0.500 bits per heavy atom. The Morgan fingerprint density at radius 2 is 0.885 bits per heavy atom. The second kappa shape index (κ2) is 16.4. The number of nitrogen functional groups attached to an aromatic ring is 1. The number of rotatable bonds is 10. The summed E-state index contributed by atoms with van der Waals surface area (Å²) in [4.78, 5) is 17.1. The minimum Gasteiger partial charge on any atom is -0.383 e. The van der Waals surface area contributed by atoms with Gasteiger partial charge < -0.3 is 14.9 Å². The molecular formula is C45H41N7. The molecule has 4 aromatic heterocycles. The summed E-state index contributed by atoms with van der Waals surface area (Å²) in [5, 5.41) is 2.03. The fraction of sp³-hybridized carbons (Fsp3) is 0.111. The van der Waals surface area contributed by atoms with Crippen molar-refractivity contribution in [2.75, 3.05) is 5.73 Å². The molecule has 256 valence electrons. The maximum absolute atomic E-state index is 5.92. The molecule has 0 aliphatic heterocycles. The van der Waals surface area contributed by atoms with Crippen molar-refractivity contribution in [1.82, 2.24) is 29.1 Å². The van der Waals surface area contributed by atoms with E-state index in [9.17, 15) is 0 Å². The third-order valence-corrected chi connectivity index (χ3v) is 9.12. The van der Waals surface area contributed by atoms with Crippen LogP contribution >= 0.6 is 0 Å². The lowest BCUT2D eigenvalue weighted by Crippen LogP contribution is -1.99. The molecule has 4 aromatic carbocycles. The summed E-state index contributed by atoms with van der Waals surface area (Å²) in [6.07, 6.45) is 13.7. The number of nitrogens with zero attached hydrogens (tertiary/aromatic N) is 6. The van der Waals surface area contributed by atoms with Crippen LogP contribution in [0.1, 0.15) is 40.8 Å². The van der Waals surface area contributed by atoms with Gasteiger partial charge >= 0.3 is 0 Å². The van der Waals surface area contributed by atoms with E-state index >= 15 is 0 Å². The molecule has 0 amide bonds.